The van der Waals surface area contributed by atoms with Gasteiger partial charge in [-0.1, -0.05) is 34.1 Å². The molecule has 0 aliphatic carbocycles. The van der Waals surface area contributed by atoms with Crippen LogP contribution in [-0.4, -0.2) is 18.2 Å². The maximum absolute atomic E-state index is 12.4. The molecule has 4 rings (SSSR count). The van der Waals surface area contributed by atoms with Gasteiger partial charge in [0, 0.05) is 4.47 Å². The smallest absolute Gasteiger partial charge is 0.264 e. The van der Waals surface area contributed by atoms with Crippen LogP contribution in [0.4, 0.5) is 5.69 Å². The highest BCUT2D eigenvalue weighted by Gasteiger charge is 2.23. The van der Waals surface area contributed by atoms with Crippen LogP contribution in [0.1, 0.15) is 11.1 Å². The second-order valence-corrected chi connectivity index (χ2v) is 9.59. The van der Waals surface area contributed by atoms with E-state index in [1.165, 1.54) is 11.8 Å². The summed E-state index contributed by atoms with van der Waals surface area (Å²) < 4.78 is 12.9. The van der Waals surface area contributed by atoms with Gasteiger partial charge in [-0.25, -0.2) is 4.99 Å². The van der Waals surface area contributed by atoms with E-state index in [-0.39, 0.29) is 5.91 Å². The Morgan fingerprint density at radius 1 is 1.03 bits per heavy atom. The van der Waals surface area contributed by atoms with Crippen molar-refractivity contribution in [3.05, 3.63) is 91.7 Å². The summed E-state index contributed by atoms with van der Waals surface area (Å²) in [4.78, 5) is 17.4. The molecule has 3 aromatic rings. The Bertz CT molecular complexity index is 1190. The highest BCUT2D eigenvalue weighted by molar-refractivity contribution is 9.10. The Balaban J connectivity index is 1.43. The molecular weight excluding hydrogens is 556 g/mol. The molecule has 1 heterocycles. The molecule has 5 nitrogen and oxygen atoms in total. The first-order chi connectivity index (χ1) is 15.5. The summed E-state index contributed by atoms with van der Waals surface area (Å²) in [5, 5.41) is 3.35. The zero-order valence-electron chi connectivity index (χ0n) is 17.0. The second kappa shape index (κ2) is 10.4. The molecule has 1 N–H and O–H groups in total. The molecule has 0 aromatic heterocycles. The van der Waals surface area contributed by atoms with Crippen LogP contribution in [0.2, 0.25) is 0 Å². The average Bonchev–Trinajstić information content (AvgIpc) is 3.13. The van der Waals surface area contributed by atoms with E-state index < -0.39 is 0 Å². The summed E-state index contributed by atoms with van der Waals surface area (Å²) >= 11 is 8.30. The van der Waals surface area contributed by atoms with Crippen molar-refractivity contribution < 1.29 is 14.3 Å². The molecular formula is C24H18Br2N2O3S. The number of amidine groups is 1. The van der Waals surface area contributed by atoms with E-state index in [2.05, 4.69) is 42.2 Å². The number of carbonyl (C=O) groups is 1. The molecule has 1 aliphatic rings. The minimum Gasteiger partial charge on any atom is -0.497 e. The number of nitrogens with zero attached hydrogens (tertiary/aromatic N) is 1. The van der Waals surface area contributed by atoms with Gasteiger partial charge >= 0.3 is 0 Å². The number of benzene rings is 3. The first-order valence-corrected chi connectivity index (χ1v) is 12.0. The van der Waals surface area contributed by atoms with Crippen molar-refractivity contribution in [1.82, 2.24) is 5.32 Å². The van der Waals surface area contributed by atoms with E-state index in [9.17, 15) is 4.79 Å². The molecule has 0 atom stereocenters. The third-order valence-electron chi connectivity index (χ3n) is 4.52. The summed E-state index contributed by atoms with van der Waals surface area (Å²) in [6.07, 6.45) is 1.83. The Labute approximate surface area is 207 Å². The minimum atomic E-state index is -0.172. The number of ether oxygens (including phenoxy) is 2. The van der Waals surface area contributed by atoms with Crippen molar-refractivity contribution in [2.24, 2.45) is 4.99 Å². The third-order valence-corrected chi connectivity index (χ3v) is 6.57. The molecule has 162 valence electrons. The lowest BCUT2D eigenvalue weighted by molar-refractivity contribution is -0.115. The van der Waals surface area contributed by atoms with Crippen LogP contribution in [0.15, 0.2) is 85.6 Å². The van der Waals surface area contributed by atoms with Gasteiger partial charge in [-0.2, -0.15) is 0 Å². The zero-order valence-corrected chi connectivity index (χ0v) is 21.0. The van der Waals surface area contributed by atoms with Crippen LogP contribution in [-0.2, 0) is 11.4 Å². The highest BCUT2D eigenvalue weighted by Crippen LogP contribution is 2.32. The van der Waals surface area contributed by atoms with Gasteiger partial charge in [-0.15, -0.1) is 0 Å². The molecule has 0 radical (unpaired) electrons. The zero-order chi connectivity index (χ0) is 22.5. The standard InChI is InChI=1S/C24H18Br2N2O3S/c1-30-19-9-7-18(8-10-19)27-24-28-23(29)22(32-24)13-16-4-11-21(20(26)12-16)31-14-15-2-5-17(25)6-3-15/h2-13H,14H2,1H3,(H,27,28,29)/b22-13+. The predicted molar refractivity (Wildman–Crippen MR) is 136 cm³/mol. The molecule has 1 fully saturated rings. The molecule has 3 aromatic carbocycles. The van der Waals surface area contributed by atoms with E-state index in [1.807, 2.05) is 72.8 Å². The lowest BCUT2D eigenvalue weighted by Gasteiger charge is -2.09. The van der Waals surface area contributed by atoms with Crippen LogP contribution in [0.3, 0.4) is 0 Å². The molecule has 0 saturated carbocycles. The molecule has 0 spiro atoms. The summed E-state index contributed by atoms with van der Waals surface area (Å²) in [6, 6.07) is 21.1. The Morgan fingerprint density at radius 2 is 1.78 bits per heavy atom. The van der Waals surface area contributed by atoms with Crippen LogP contribution >= 0.6 is 43.6 Å². The summed E-state index contributed by atoms with van der Waals surface area (Å²) in [5.74, 6) is 1.32. The fraction of sp³-hybridized carbons (Fsp3) is 0.0833. The average molecular weight is 574 g/mol. The molecule has 1 amide bonds. The Morgan fingerprint density at radius 3 is 2.47 bits per heavy atom. The van der Waals surface area contributed by atoms with Crippen molar-refractivity contribution in [3.63, 3.8) is 0 Å². The number of hydrogen-bond donors (Lipinski definition) is 1. The van der Waals surface area contributed by atoms with Gasteiger partial charge < -0.3 is 14.8 Å². The van der Waals surface area contributed by atoms with Crippen LogP contribution in [0.25, 0.3) is 6.08 Å². The number of rotatable bonds is 6. The summed E-state index contributed by atoms with van der Waals surface area (Å²) in [5.41, 5.74) is 2.70. The Hall–Kier alpha value is -2.55. The highest BCUT2D eigenvalue weighted by atomic mass is 79.9. The number of nitrogens with one attached hydrogen (secondary N) is 1. The van der Waals surface area contributed by atoms with Gasteiger partial charge in [-0.3, -0.25) is 4.79 Å². The van der Waals surface area contributed by atoms with Gasteiger partial charge in [0.15, 0.2) is 5.17 Å². The summed E-state index contributed by atoms with van der Waals surface area (Å²) in [7, 11) is 1.62. The lowest BCUT2D eigenvalue weighted by atomic mass is 10.2. The fourth-order valence-corrected chi connectivity index (χ4v) is 4.49. The number of methoxy groups -OCH3 is 1. The van der Waals surface area contributed by atoms with Crippen LogP contribution in [0.5, 0.6) is 11.5 Å². The van der Waals surface area contributed by atoms with E-state index in [4.69, 9.17) is 9.47 Å². The fourth-order valence-electron chi connectivity index (χ4n) is 2.87. The molecule has 1 aliphatic heterocycles. The lowest BCUT2D eigenvalue weighted by Crippen LogP contribution is -2.19. The van der Waals surface area contributed by atoms with Crippen molar-refractivity contribution in [2.45, 2.75) is 6.61 Å². The Kier molecular flexibility index (Phi) is 7.34. The number of carbonyl (C=O) groups excluding carboxylic acids is 1. The predicted octanol–water partition coefficient (Wildman–Crippen LogP) is 6.69. The summed E-state index contributed by atoms with van der Waals surface area (Å²) in [6.45, 7) is 0.468. The largest absolute Gasteiger partial charge is 0.497 e. The molecule has 32 heavy (non-hydrogen) atoms. The number of thioether (sulfide) groups is 1. The van der Waals surface area contributed by atoms with Gasteiger partial charge in [0.2, 0.25) is 0 Å². The second-order valence-electron chi connectivity index (χ2n) is 6.78. The van der Waals surface area contributed by atoms with Crippen molar-refractivity contribution in [3.8, 4) is 11.5 Å². The topological polar surface area (TPSA) is 59.9 Å². The molecule has 8 heteroatoms. The third kappa shape index (κ3) is 5.82. The van der Waals surface area contributed by atoms with Crippen molar-refractivity contribution >= 4 is 66.5 Å². The van der Waals surface area contributed by atoms with Gasteiger partial charge in [-0.05, 0) is 93.4 Å². The minimum absolute atomic E-state index is 0.172. The van der Waals surface area contributed by atoms with Gasteiger partial charge in [0.05, 0.1) is 22.2 Å². The normalized spacial score (nSPS) is 15.8. The number of amides is 1. The number of hydrogen-bond acceptors (Lipinski definition) is 5. The van der Waals surface area contributed by atoms with E-state index >= 15 is 0 Å². The first-order valence-electron chi connectivity index (χ1n) is 9.60. The van der Waals surface area contributed by atoms with E-state index in [0.29, 0.717) is 16.7 Å². The van der Waals surface area contributed by atoms with E-state index in [0.717, 1.165) is 37.3 Å². The maximum Gasteiger partial charge on any atom is 0.264 e. The molecule has 0 bridgehead atoms. The first kappa shape index (κ1) is 22.6. The number of aliphatic imine (C=N–C) groups is 1. The van der Waals surface area contributed by atoms with Gasteiger partial charge in [0.25, 0.3) is 5.91 Å². The SMILES string of the molecule is COc1ccc(N=C2NC(=O)/C(=C\c3ccc(OCc4ccc(Br)cc4)c(Br)c3)S2)cc1. The number of halogens is 2. The molecule has 1 saturated heterocycles. The van der Waals surface area contributed by atoms with Crippen molar-refractivity contribution in [1.29, 1.82) is 0 Å². The quantitative estimate of drug-likeness (QED) is 0.334. The van der Waals surface area contributed by atoms with Crippen LogP contribution in [0, 0.1) is 0 Å². The monoisotopic (exact) mass is 572 g/mol. The van der Waals surface area contributed by atoms with Gasteiger partial charge in [0.1, 0.15) is 18.1 Å². The van der Waals surface area contributed by atoms with Crippen molar-refractivity contribution in [2.75, 3.05) is 7.11 Å². The maximum atomic E-state index is 12.4. The van der Waals surface area contributed by atoms with Crippen LogP contribution < -0.4 is 14.8 Å². The molecule has 0 unspecified atom stereocenters. The van der Waals surface area contributed by atoms with E-state index in [1.54, 1.807) is 7.11 Å².